The van der Waals surface area contributed by atoms with Crippen molar-refractivity contribution in [3.05, 3.63) is 46.7 Å². The number of hydrogen-bond donors (Lipinski definition) is 3. The number of benzene rings is 2. The molecule has 0 radical (unpaired) electrons. The molecule has 0 aromatic heterocycles. The third-order valence-corrected chi connectivity index (χ3v) is 5.12. The number of ether oxygens (including phenoxy) is 3. The molecule has 2 aromatic carbocycles. The highest BCUT2D eigenvalue weighted by Gasteiger charge is 2.33. The minimum Gasteiger partial charge on any atom is -0.595 e. The first-order valence-electron chi connectivity index (χ1n) is 9.33. The predicted molar refractivity (Wildman–Crippen MR) is 107 cm³/mol. The molecule has 152 valence electrons. The molecule has 0 fully saturated rings. The lowest BCUT2D eigenvalue weighted by Gasteiger charge is -2.32. The summed E-state index contributed by atoms with van der Waals surface area (Å²) in [6, 6.07) is 8.57. The molecule has 0 amide bonds. The van der Waals surface area contributed by atoms with Crippen LogP contribution in [-0.4, -0.2) is 44.1 Å². The van der Waals surface area contributed by atoms with E-state index in [0.717, 1.165) is 35.5 Å². The molecule has 4 rings (SSSR count). The molecule has 2 atom stereocenters. The molecule has 0 aliphatic carbocycles. The van der Waals surface area contributed by atoms with Crippen molar-refractivity contribution in [1.29, 1.82) is 0 Å². The molecule has 2 aliphatic heterocycles. The van der Waals surface area contributed by atoms with Gasteiger partial charge in [-0.15, -0.1) is 0 Å². The van der Waals surface area contributed by atoms with Crippen molar-refractivity contribution in [3.8, 4) is 29.1 Å². The standard InChI is InChI=1S/C21H23N3O5/c1-23-10-8-14-11-18-20(29-13-28-18)21(27-2)19(14)17(23)7-4-9-22-15-5-3-6-16(12-15)24(25)26/h3,5-6,11-12,17,22,24-25H,8-10,13H2,1-2H3/t17-/m0/s1. The van der Waals surface area contributed by atoms with Gasteiger partial charge in [0.25, 0.3) is 0 Å². The van der Waals surface area contributed by atoms with Crippen molar-refractivity contribution in [3.63, 3.8) is 0 Å². The zero-order valence-electron chi connectivity index (χ0n) is 16.3. The van der Waals surface area contributed by atoms with Crippen molar-refractivity contribution in [1.82, 2.24) is 4.90 Å². The van der Waals surface area contributed by atoms with Crippen molar-refractivity contribution >= 4 is 11.4 Å². The van der Waals surface area contributed by atoms with Gasteiger partial charge in [0.05, 0.1) is 13.7 Å². The Morgan fingerprint density at radius 1 is 1.38 bits per heavy atom. The monoisotopic (exact) mass is 397 g/mol. The van der Waals surface area contributed by atoms with Crippen LogP contribution in [0.1, 0.15) is 17.2 Å². The number of anilines is 1. The van der Waals surface area contributed by atoms with E-state index in [2.05, 4.69) is 22.1 Å². The van der Waals surface area contributed by atoms with Crippen molar-refractivity contribution < 1.29 is 24.6 Å². The summed E-state index contributed by atoms with van der Waals surface area (Å²) in [4.78, 5) is 2.19. The number of methoxy groups -OCH3 is 1. The second-order valence-corrected chi connectivity index (χ2v) is 6.91. The van der Waals surface area contributed by atoms with Gasteiger partial charge in [0.1, 0.15) is 6.04 Å². The van der Waals surface area contributed by atoms with Gasteiger partial charge in [-0.05, 0) is 31.2 Å². The summed E-state index contributed by atoms with van der Waals surface area (Å²) in [5.74, 6) is 8.53. The lowest BCUT2D eigenvalue weighted by atomic mass is 9.91. The van der Waals surface area contributed by atoms with Crippen LogP contribution < -0.4 is 24.8 Å². The van der Waals surface area contributed by atoms with E-state index in [1.54, 1.807) is 25.3 Å². The summed E-state index contributed by atoms with van der Waals surface area (Å²) in [6.45, 7) is 1.47. The first-order valence-corrected chi connectivity index (χ1v) is 9.33. The van der Waals surface area contributed by atoms with Gasteiger partial charge < -0.3 is 24.7 Å². The number of likely N-dealkylation sites (N-methyl/N-ethyl adjacent to an activating group) is 1. The Hall–Kier alpha value is -2.96. The maximum absolute atomic E-state index is 11.1. The van der Waals surface area contributed by atoms with Crippen LogP contribution in [0, 0.1) is 17.0 Å². The van der Waals surface area contributed by atoms with Crippen LogP contribution in [0.2, 0.25) is 0 Å². The number of fused-ring (bicyclic) bond motifs is 2. The lowest BCUT2D eigenvalue weighted by Crippen LogP contribution is -2.99. The highest BCUT2D eigenvalue weighted by Crippen LogP contribution is 2.49. The molecule has 2 aromatic rings. The number of nitrogens with zero attached hydrogens (tertiary/aromatic N) is 1. The fourth-order valence-electron chi connectivity index (χ4n) is 3.67. The molecule has 0 saturated carbocycles. The second-order valence-electron chi connectivity index (χ2n) is 6.91. The Labute approximate surface area is 169 Å². The number of rotatable bonds is 4. The van der Waals surface area contributed by atoms with Crippen LogP contribution in [0.25, 0.3) is 0 Å². The molecule has 8 heteroatoms. The molecule has 2 heterocycles. The number of nitrogens with one attached hydrogen (secondary N) is 2. The van der Waals surface area contributed by atoms with E-state index in [-0.39, 0.29) is 18.5 Å². The Morgan fingerprint density at radius 3 is 3.03 bits per heavy atom. The smallest absolute Gasteiger partial charge is 0.231 e. The highest BCUT2D eigenvalue weighted by atomic mass is 16.8. The van der Waals surface area contributed by atoms with E-state index in [9.17, 15) is 5.21 Å². The third-order valence-electron chi connectivity index (χ3n) is 5.12. The Bertz CT molecular complexity index is 967. The van der Waals surface area contributed by atoms with E-state index in [4.69, 9.17) is 19.4 Å². The quantitative estimate of drug-likeness (QED) is 0.532. The minimum atomic E-state index is -0.953. The van der Waals surface area contributed by atoms with E-state index in [1.807, 2.05) is 19.2 Å². The molecule has 0 saturated heterocycles. The van der Waals surface area contributed by atoms with E-state index in [0.29, 0.717) is 18.0 Å². The Balaban J connectivity index is 1.56. The van der Waals surface area contributed by atoms with Gasteiger partial charge in [-0.3, -0.25) is 4.90 Å². The summed E-state index contributed by atoms with van der Waals surface area (Å²) in [5.41, 5.74) is 3.14. The first kappa shape index (κ1) is 19.4. The van der Waals surface area contributed by atoms with Crippen molar-refractivity contribution in [2.75, 3.05) is 39.4 Å². The molecule has 29 heavy (non-hydrogen) atoms. The molecule has 2 aliphatic rings. The predicted octanol–water partition coefficient (Wildman–Crippen LogP) is 1.47. The molecule has 1 unspecified atom stereocenters. The van der Waals surface area contributed by atoms with Gasteiger partial charge in [0.2, 0.25) is 12.5 Å². The van der Waals surface area contributed by atoms with Gasteiger partial charge in [-0.1, -0.05) is 17.9 Å². The van der Waals surface area contributed by atoms with Gasteiger partial charge in [0.15, 0.2) is 17.2 Å². The van der Waals surface area contributed by atoms with Crippen molar-refractivity contribution in [2.45, 2.75) is 12.5 Å². The van der Waals surface area contributed by atoms with Crippen molar-refractivity contribution in [2.24, 2.45) is 0 Å². The molecular weight excluding hydrogens is 374 g/mol. The molecular formula is C21H23N3O5. The van der Waals surface area contributed by atoms with Gasteiger partial charge in [0, 0.05) is 29.9 Å². The zero-order chi connectivity index (χ0) is 20.4. The van der Waals surface area contributed by atoms with Crippen LogP contribution in [0.15, 0.2) is 30.3 Å². The maximum Gasteiger partial charge on any atom is 0.231 e. The Kier molecular flexibility index (Phi) is 5.47. The molecule has 0 bridgehead atoms. The van der Waals surface area contributed by atoms with Gasteiger partial charge in [-0.25, -0.2) is 5.21 Å². The number of quaternary nitrogens is 1. The fourth-order valence-corrected chi connectivity index (χ4v) is 3.67. The largest absolute Gasteiger partial charge is 0.595 e. The summed E-state index contributed by atoms with van der Waals surface area (Å²) in [5, 5.41) is 22.4. The van der Waals surface area contributed by atoms with E-state index in [1.165, 1.54) is 0 Å². The molecule has 0 spiro atoms. The summed E-state index contributed by atoms with van der Waals surface area (Å²) < 4.78 is 16.8. The average Bonchev–Trinajstić information content (AvgIpc) is 3.19. The van der Waals surface area contributed by atoms with Crippen LogP contribution in [0.4, 0.5) is 11.4 Å². The van der Waals surface area contributed by atoms with Crippen LogP contribution >= 0.6 is 0 Å². The van der Waals surface area contributed by atoms with Crippen LogP contribution in [0.5, 0.6) is 17.2 Å². The topological polar surface area (TPSA) is 90.7 Å². The maximum atomic E-state index is 11.1. The number of hydrogen-bond acceptors (Lipinski definition) is 7. The molecule has 3 N–H and O–H groups in total. The van der Waals surface area contributed by atoms with E-state index >= 15 is 0 Å². The summed E-state index contributed by atoms with van der Waals surface area (Å²) in [6.07, 6.45) is 0.886. The van der Waals surface area contributed by atoms with Crippen LogP contribution in [-0.2, 0) is 6.42 Å². The second kappa shape index (κ2) is 8.19. The lowest BCUT2D eigenvalue weighted by molar-refractivity contribution is -0.991. The zero-order valence-corrected chi connectivity index (χ0v) is 16.3. The van der Waals surface area contributed by atoms with Gasteiger partial charge in [-0.2, -0.15) is 5.23 Å². The first-order chi connectivity index (χ1) is 14.1. The average molecular weight is 397 g/mol. The highest BCUT2D eigenvalue weighted by molar-refractivity contribution is 5.63. The van der Waals surface area contributed by atoms with Gasteiger partial charge >= 0.3 is 0 Å². The molecule has 8 nitrogen and oxygen atoms in total. The summed E-state index contributed by atoms with van der Waals surface area (Å²) in [7, 11) is 3.67. The fraction of sp³-hybridized carbons (Fsp3) is 0.333. The van der Waals surface area contributed by atoms with Crippen LogP contribution in [0.3, 0.4) is 0 Å². The minimum absolute atomic E-state index is 0.129. The summed E-state index contributed by atoms with van der Waals surface area (Å²) >= 11 is 0. The Morgan fingerprint density at radius 2 is 2.24 bits per heavy atom. The normalized spacial score (nSPS) is 18.4. The third kappa shape index (κ3) is 3.81. The van der Waals surface area contributed by atoms with E-state index < -0.39 is 5.23 Å². The SMILES string of the molecule is COc1c2c(cc3c1[C@H](C#CCNc1cccc([NH+]([O-])O)c1)N(C)CC3)OCO2.